The number of pyridine rings is 1. The van der Waals surface area contributed by atoms with E-state index in [4.69, 9.17) is 0 Å². The smallest absolute Gasteiger partial charge is 0.152 e. The van der Waals surface area contributed by atoms with Crippen molar-refractivity contribution in [3.8, 4) is 0 Å². The van der Waals surface area contributed by atoms with Crippen LogP contribution in [0, 0.1) is 0 Å². The first kappa shape index (κ1) is 12.0. The first-order valence-electron chi connectivity index (χ1n) is 5.40. The van der Waals surface area contributed by atoms with E-state index in [-0.39, 0.29) is 0 Å². The summed E-state index contributed by atoms with van der Waals surface area (Å²) >= 11 is 3.41. The molecule has 0 saturated heterocycles. The molecule has 0 fully saturated rings. The minimum Gasteiger partial charge on any atom is -0.363 e. The molecule has 0 radical (unpaired) electrons. The molecule has 0 amide bonds. The van der Waals surface area contributed by atoms with Crippen LogP contribution in [0.25, 0.3) is 0 Å². The molecule has 0 spiro atoms. The molecule has 2 aromatic heterocycles. The van der Waals surface area contributed by atoms with Gasteiger partial charge in [-0.15, -0.1) is 10.2 Å². The lowest BCUT2D eigenvalue weighted by Gasteiger charge is -2.10. The Morgan fingerprint density at radius 1 is 1.47 bits per heavy atom. The number of aromatic nitrogens is 4. The van der Waals surface area contributed by atoms with Crippen molar-refractivity contribution >= 4 is 21.7 Å². The number of hydrogen-bond acceptors (Lipinski definition) is 4. The largest absolute Gasteiger partial charge is 0.363 e. The van der Waals surface area contributed by atoms with Crippen LogP contribution in [0.15, 0.2) is 29.1 Å². The topological polar surface area (TPSA) is 55.6 Å². The predicted octanol–water partition coefficient (Wildman–Crippen LogP) is 2.63. The Labute approximate surface area is 108 Å². The summed E-state index contributed by atoms with van der Waals surface area (Å²) in [5.74, 6) is 1.72. The molecule has 2 heterocycles. The van der Waals surface area contributed by atoms with Crippen molar-refractivity contribution in [3.63, 3.8) is 0 Å². The Morgan fingerprint density at radius 3 is 3.00 bits per heavy atom. The fourth-order valence-electron chi connectivity index (χ4n) is 1.50. The maximum absolute atomic E-state index is 4.21. The van der Waals surface area contributed by atoms with Gasteiger partial charge in [0.15, 0.2) is 5.82 Å². The van der Waals surface area contributed by atoms with Gasteiger partial charge in [0.25, 0.3) is 0 Å². The Hall–Kier alpha value is -1.43. The standard InChI is InChI=1S/C11H14BrN5/c1-8(2)17-7-15-16-11(17)6-14-10-5-9(12)3-4-13-10/h3-5,7-8H,6H2,1-2H3,(H,13,14). The van der Waals surface area contributed by atoms with E-state index < -0.39 is 0 Å². The summed E-state index contributed by atoms with van der Waals surface area (Å²) in [6, 6.07) is 4.18. The Morgan fingerprint density at radius 2 is 2.29 bits per heavy atom. The molecular weight excluding hydrogens is 282 g/mol. The van der Waals surface area contributed by atoms with Gasteiger partial charge in [0.05, 0.1) is 6.54 Å². The first-order chi connectivity index (χ1) is 8.16. The first-order valence-corrected chi connectivity index (χ1v) is 6.20. The Balaban J connectivity index is 2.05. The van der Waals surface area contributed by atoms with Crippen molar-refractivity contribution < 1.29 is 0 Å². The van der Waals surface area contributed by atoms with E-state index in [0.717, 1.165) is 16.1 Å². The van der Waals surface area contributed by atoms with Gasteiger partial charge in [-0.2, -0.15) is 0 Å². The lowest BCUT2D eigenvalue weighted by atomic mass is 10.4. The lowest BCUT2D eigenvalue weighted by molar-refractivity contribution is 0.572. The van der Waals surface area contributed by atoms with E-state index in [1.54, 1.807) is 12.5 Å². The zero-order valence-corrected chi connectivity index (χ0v) is 11.3. The third kappa shape index (κ3) is 3.03. The quantitative estimate of drug-likeness (QED) is 0.942. The van der Waals surface area contributed by atoms with Crippen molar-refractivity contribution in [2.75, 3.05) is 5.32 Å². The summed E-state index contributed by atoms with van der Waals surface area (Å²) in [5.41, 5.74) is 0. The molecule has 0 saturated carbocycles. The van der Waals surface area contributed by atoms with E-state index in [0.29, 0.717) is 12.6 Å². The average Bonchev–Trinajstić information content (AvgIpc) is 2.74. The monoisotopic (exact) mass is 295 g/mol. The highest BCUT2D eigenvalue weighted by atomic mass is 79.9. The molecule has 0 aromatic carbocycles. The molecule has 2 rings (SSSR count). The molecule has 0 bridgehead atoms. The molecule has 0 unspecified atom stereocenters. The van der Waals surface area contributed by atoms with E-state index in [1.807, 2.05) is 16.7 Å². The van der Waals surface area contributed by atoms with Crippen LogP contribution in [-0.2, 0) is 6.54 Å². The highest BCUT2D eigenvalue weighted by Gasteiger charge is 2.06. The third-order valence-corrected chi connectivity index (χ3v) is 2.85. The van der Waals surface area contributed by atoms with Crippen LogP contribution in [0.4, 0.5) is 5.82 Å². The highest BCUT2D eigenvalue weighted by Crippen LogP contribution is 2.14. The van der Waals surface area contributed by atoms with Crippen molar-refractivity contribution in [1.29, 1.82) is 0 Å². The second-order valence-corrected chi connectivity index (χ2v) is 4.88. The zero-order chi connectivity index (χ0) is 12.3. The lowest BCUT2D eigenvalue weighted by Crippen LogP contribution is -2.10. The molecule has 0 atom stereocenters. The van der Waals surface area contributed by atoms with Gasteiger partial charge < -0.3 is 9.88 Å². The van der Waals surface area contributed by atoms with E-state index in [2.05, 4.69) is 50.3 Å². The van der Waals surface area contributed by atoms with Gasteiger partial charge >= 0.3 is 0 Å². The summed E-state index contributed by atoms with van der Waals surface area (Å²) in [5, 5.41) is 11.2. The highest BCUT2D eigenvalue weighted by molar-refractivity contribution is 9.10. The number of hydrogen-bond donors (Lipinski definition) is 1. The molecule has 17 heavy (non-hydrogen) atoms. The van der Waals surface area contributed by atoms with Crippen LogP contribution in [-0.4, -0.2) is 19.7 Å². The number of halogens is 1. The van der Waals surface area contributed by atoms with Gasteiger partial charge in [-0.25, -0.2) is 4.98 Å². The Bertz CT molecular complexity index is 494. The maximum atomic E-state index is 4.21. The molecule has 90 valence electrons. The maximum Gasteiger partial charge on any atom is 0.152 e. The van der Waals surface area contributed by atoms with Crippen LogP contribution in [0.3, 0.4) is 0 Å². The van der Waals surface area contributed by atoms with Crippen LogP contribution < -0.4 is 5.32 Å². The summed E-state index contributed by atoms with van der Waals surface area (Å²) in [6.07, 6.45) is 3.50. The van der Waals surface area contributed by atoms with Gasteiger partial charge in [-0.3, -0.25) is 0 Å². The summed E-state index contributed by atoms with van der Waals surface area (Å²) in [7, 11) is 0. The van der Waals surface area contributed by atoms with Gasteiger partial charge in [-0.05, 0) is 26.0 Å². The van der Waals surface area contributed by atoms with Gasteiger partial charge in [-0.1, -0.05) is 15.9 Å². The number of nitrogens with zero attached hydrogens (tertiary/aromatic N) is 4. The molecule has 5 nitrogen and oxygen atoms in total. The van der Waals surface area contributed by atoms with Crippen LogP contribution >= 0.6 is 15.9 Å². The van der Waals surface area contributed by atoms with E-state index in [9.17, 15) is 0 Å². The number of anilines is 1. The predicted molar refractivity (Wildman–Crippen MR) is 69.7 cm³/mol. The number of nitrogens with one attached hydrogen (secondary N) is 1. The molecular formula is C11H14BrN5. The molecule has 0 aliphatic rings. The summed E-state index contributed by atoms with van der Waals surface area (Å²) in [6.45, 7) is 4.82. The normalized spacial score (nSPS) is 10.8. The Kier molecular flexibility index (Phi) is 3.73. The minimum absolute atomic E-state index is 0.359. The second-order valence-electron chi connectivity index (χ2n) is 3.96. The van der Waals surface area contributed by atoms with Gasteiger partial charge in [0.1, 0.15) is 12.1 Å². The molecule has 0 aliphatic carbocycles. The van der Waals surface area contributed by atoms with E-state index >= 15 is 0 Å². The van der Waals surface area contributed by atoms with Crippen molar-refractivity contribution in [1.82, 2.24) is 19.7 Å². The van der Waals surface area contributed by atoms with Crippen molar-refractivity contribution in [2.24, 2.45) is 0 Å². The van der Waals surface area contributed by atoms with Gasteiger partial charge in [0, 0.05) is 16.7 Å². The zero-order valence-electron chi connectivity index (χ0n) is 9.76. The van der Waals surface area contributed by atoms with E-state index in [1.165, 1.54) is 0 Å². The molecule has 2 aromatic rings. The summed E-state index contributed by atoms with van der Waals surface area (Å²) in [4.78, 5) is 4.21. The SMILES string of the molecule is CC(C)n1cnnc1CNc1cc(Br)ccn1. The molecule has 1 N–H and O–H groups in total. The second kappa shape index (κ2) is 5.27. The van der Waals surface area contributed by atoms with Crippen LogP contribution in [0.1, 0.15) is 25.7 Å². The van der Waals surface area contributed by atoms with Gasteiger partial charge in [0.2, 0.25) is 0 Å². The fraction of sp³-hybridized carbons (Fsp3) is 0.364. The number of rotatable bonds is 4. The molecule has 0 aliphatic heterocycles. The summed E-state index contributed by atoms with van der Waals surface area (Å²) < 4.78 is 3.03. The third-order valence-electron chi connectivity index (χ3n) is 2.35. The molecule has 6 heteroatoms. The minimum atomic E-state index is 0.359. The fourth-order valence-corrected chi connectivity index (χ4v) is 1.83. The van der Waals surface area contributed by atoms with Crippen molar-refractivity contribution in [2.45, 2.75) is 26.4 Å². The average molecular weight is 296 g/mol. The van der Waals surface area contributed by atoms with Crippen LogP contribution in [0.2, 0.25) is 0 Å². The van der Waals surface area contributed by atoms with Crippen LogP contribution in [0.5, 0.6) is 0 Å². The van der Waals surface area contributed by atoms with Crippen molar-refractivity contribution in [3.05, 3.63) is 35.0 Å².